The van der Waals surface area contributed by atoms with Crippen molar-refractivity contribution in [3.05, 3.63) is 28.0 Å². The van der Waals surface area contributed by atoms with E-state index in [9.17, 15) is 4.79 Å². The number of ether oxygens (including phenoxy) is 1. The third kappa shape index (κ3) is 5.71. The summed E-state index contributed by atoms with van der Waals surface area (Å²) < 4.78 is 11.3. The van der Waals surface area contributed by atoms with E-state index in [0.29, 0.717) is 22.6 Å². The lowest BCUT2D eigenvalue weighted by Gasteiger charge is -2.38. The second-order valence-electron chi connectivity index (χ2n) is 9.46. The first-order valence-electron chi connectivity index (χ1n) is 10.1. The normalized spacial score (nSPS) is 26.1. The Labute approximate surface area is 180 Å². The van der Waals surface area contributed by atoms with Crippen molar-refractivity contribution in [3.63, 3.8) is 0 Å². The molecular weight excluding hydrogens is 408 g/mol. The Morgan fingerprint density at radius 3 is 2.61 bits per heavy atom. The molecule has 2 rings (SSSR count). The number of hydrogen-bond acceptors (Lipinski definition) is 4. The molecular formula is C22H35ClO3SSi. The molecule has 0 saturated heterocycles. The van der Waals surface area contributed by atoms with Gasteiger partial charge in [-0.15, -0.1) is 22.9 Å². The van der Waals surface area contributed by atoms with Crippen LogP contribution in [0.2, 0.25) is 18.1 Å². The summed E-state index contributed by atoms with van der Waals surface area (Å²) in [4.78, 5) is 13.3. The smallest absolute Gasteiger partial charge is 0.348 e. The van der Waals surface area contributed by atoms with Crippen LogP contribution in [0, 0.1) is 17.8 Å². The fraction of sp³-hybridized carbons (Fsp3) is 0.682. The molecule has 0 N–H and O–H groups in total. The molecule has 1 aliphatic rings. The van der Waals surface area contributed by atoms with Crippen molar-refractivity contribution in [1.29, 1.82) is 0 Å². The van der Waals surface area contributed by atoms with Gasteiger partial charge in [0.2, 0.25) is 0 Å². The molecule has 28 heavy (non-hydrogen) atoms. The quantitative estimate of drug-likeness (QED) is 0.263. The summed E-state index contributed by atoms with van der Waals surface area (Å²) in [5.74, 6) is 1.23. The van der Waals surface area contributed by atoms with Crippen molar-refractivity contribution >= 4 is 43.3 Å². The topological polar surface area (TPSA) is 35.5 Å². The number of thiophene rings is 1. The van der Waals surface area contributed by atoms with Crippen molar-refractivity contribution in [1.82, 2.24) is 0 Å². The molecule has 1 saturated carbocycles. The highest BCUT2D eigenvalue weighted by Crippen LogP contribution is 2.44. The minimum absolute atomic E-state index is 0.196. The second kappa shape index (κ2) is 9.46. The van der Waals surface area contributed by atoms with Gasteiger partial charge in [0.05, 0.1) is 7.11 Å². The van der Waals surface area contributed by atoms with Gasteiger partial charge >= 0.3 is 5.97 Å². The van der Waals surface area contributed by atoms with Crippen LogP contribution in [0.3, 0.4) is 0 Å². The van der Waals surface area contributed by atoms with Gasteiger partial charge in [0.15, 0.2) is 8.32 Å². The average Bonchev–Trinajstić information content (AvgIpc) is 3.16. The van der Waals surface area contributed by atoms with Gasteiger partial charge in [-0.05, 0) is 66.9 Å². The van der Waals surface area contributed by atoms with E-state index in [2.05, 4.69) is 52.9 Å². The average molecular weight is 443 g/mol. The molecule has 0 unspecified atom stereocenters. The van der Waals surface area contributed by atoms with Crippen molar-refractivity contribution in [2.24, 2.45) is 17.8 Å². The van der Waals surface area contributed by atoms with E-state index < -0.39 is 8.32 Å². The zero-order valence-electron chi connectivity index (χ0n) is 18.3. The molecule has 158 valence electrons. The number of carbonyl (C=O) groups excluding carboxylic acids is 1. The summed E-state index contributed by atoms with van der Waals surface area (Å²) in [7, 11) is -0.344. The minimum Gasteiger partial charge on any atom is -0.465 e. The van der Waals surface area contributed by atoms with Gasteiger partial charge < -0.3 is 9.16 Å². The Balaban J connectivity index is 2.00. The first kappa shape index (κ1) is 23.7. The van der Waals surface area contributed by atoms with Crippen molar-refractivity contribution in [3.8, 4) is 0 Å². The van der Waals surface area contributed by atoms with Crippen LogP contribution in [-0.2, 0) is 9.16 Å². The van der Waals surface area contributed by atoms with Crippen LogP contribution in [0.25, 0.3) is 6.08 Å². The van der Waals surface area contributed by atoms with Crippen LogP contribution < -0.4 is 0 Å². The Kier molecular flexibility index (Phi) is 7.99. The van der Waals surface area contributed by atoms with Crippen LogP contribution in [-0.4, -0.2) is 33.4 Å². The van der Waals surface area contributed by atoms with E-state index in [1.165, 1.54) is 18.4 Å². The van der Waals surface area contributed by atoms with Crippen LogP contribution in [0.5, 0.6) is 0 Å². The van der Waals surface area contributed by atoms with Gasteiger partial charge in [0, 0.05) is 16.9 Å². The van der Waals surface area contributed by atoms with Crippen LogP contribution in [0.15, 0.2) is 18.2 Å². The van der Waals surface area contributed by atoms with E-state index in [-0.39, 0.29) is 16.4 Å². The predicted octanol–water partition coefficient (Wildman–Crippen LogP) is 6.84. The molecule has 0 amide bonds. The lowest BCUT2D eigenvalue weighted by Crippen LogP contribution is -2.42. The van der Waals surface area contributed by atoms with Crippen LogP contribution in [0.4, 0.5) is 0 Å². The molecule has 6 heteroatoms. The Morgan fingerprint density at radius 2 is 2.00 bits per heavy atom. The first-order valence-corrected chi connectivity index (χ1v) is 14.2. The fourth-order valence-electron chi connectivity index (χ4n) is 3.52. The zero-order chi connectivity index (χ0) is 21.1. The van der Waals surface area contributed by atoms with E-state index in [4.69, 9.17) is 20.8 Å². The zero-order valence-corrected chi connectivity index (χ0v) is 20.8. The number of hydrogen-bond donors (Lipinski definition) is 0. The molecule has 1 heterocycles. The molecule has 0 aliphatic heterocycles. The summed E-state index contributed by atoms with van der Waals surface area (Å²) in [5, 5.41) is 0.419. The van der Waals surface area contributed by atoms with Gasteiger partial charge in [-0.2, -0.15) is 0 Å². The van der Waals surface area contributed by atoms with E-state index >= 15 is 0 Å². The summed E-state index contributed by atoms with van der Waals surface area (Å²) in [6.45, 7) is 14.6. The first-order chi connectivity index (χ1) is 13.0. The predicted molar refractivity (Wildman–Crippen MR) is 123 cm³/mol. The molecule has 0 aromatic carbocycles. The second-order valence-corrected chi connectivity index (χ2v) is 15.9. The minimum atomic E-state index is -1.75. The molecule has 1 fully saturated rings. The van der Waals surface area contributed by atoms with Crippen molar-refractivity contribution < 1.29 is 14.0 Å². The lowest BCUT2D eigenvalue weighted by atomic mass is 9.89. The number of alkyl halides is 1. The highest BCUT2D eigenvalue weighted by Gasteiger charge is 2.43. The van der Waals surface area contributed by atoms with Gasteiger partial charge in [-0.1, -0.05) is 33.8 Å². The molecule has 1 aromatic rings. The maximum Gasteiger partial charge on any atom is 0.348 e. The van der Waals surface area contributed by atoms with E-state index in [0.717, 1.165) is 24.3 Å². The van der Waals surface area contributed by atoms with E-state index in [1.807, 2.05) is 12.1 Å². The van der Waals surface area contributed by atoms with Gasteiger partial charge in [-0.3, -0.25) is 0 Å². The molecule has 0 spiro atoms. The third-order valence-corrected chi connectivity index (χ3v) is 12.5. The van der Waals surface area contributed by atoms with Crippen molar-refractivity contribution in [2.45, 2.75) is 64.0 Å². The van der Waals surface area contributed by atoms with Gasteiger partial charge in [-0.25, -0.2) is 4.79 Å². The highest BCUT2D eigenvalue weighted by molar-refractivity contribution is 7.14. The largest absolute Gasteiger partial charge is 0.465 e. The van der Waals surface area contributed by atoms with Crippen LogP contribution in [0.1, 0.15) is 55.1 Å². The monoisotopic (exact) mass is 442 g/mol. The molecule has 0 radical (unpaired) electrons. The lowest BCUT2D eigenvalue weighted by molar-refractivity contribution is 0.0606. The number of rotatable bonds is 7. The summed E-state index contributed by atoms with van der Waals surface area (Å²) in [6.07, 6.45) is 6.28. The number of halogens is 1. The highest BCUT2D eigenvalue weighted by atomic mass is 35.5. The summed E-state index contributed by atoms with van der Waals surface area (Å²) in [6, 6.07) is 3.77. The Morgan fingerprint density at radius 1 is 1.32 bits per heavy atom. The van der Waals surface area contributed by atoms with Crippen molar-refractivity contribution in [2.75, 3.05) is 13.7 Å². The maximum atomic E-state index is 11.6. The number of allylic oxidation sites excluding steroid dienone is 1. The van der Waals surface area contributed by atoms with Gasteiger partial charge in [0.1, 0.15) is 4.88 Å². The number of carbonyl (C=O) groups is 1. The summed E-state index contributed by atoms with van der Waals surface area (Å²) >= 11 is 8.17. The maximum absolute atomic E-state index is 11.6. The standard InChI is InChI=1S/C22H35ClO3SSi/c1-15-13-19(23)17(18(15)14-26-28(6,7)22(2,3)4)10-8-9-16-11-12-20(27-16)21(24)25-5/h8-9,11-12,15,17-19H,10,13-14H2,1-7H3/t15-,17-,18+,19-/m1/s1. The number of esters is 1. The Bertz CT molecular complexity index is 692. The van der Waals surface area contributed by atoms with E-state index in [1.54, 1.807) is 0 Å². The third-order valence-electron chi connectivity index (χ3n) is 6.49. The molecule has 4 atom stereocenters. The molecule has 0 bridgehead atoms. The summed E-state index contributed by atoms with van der Waals surface area (Å²) in [5.41, 5.74) is 0. The molecule has 3 nitrogen and oxygen atoms in total. The van der Waals surface area contributed by atoms with Gasteiger partial charge in [0.25, 0.3) is 0 Å². The SMILES string of the molecule is COC(=O)c1ccc(C=CC[C@@H]2[C@@H](CO[Si](C)(C)C(C)(C)C)[C@H](C)C[C@H]2Cl)s1. The molecule has 1 aromatic heterocycles. The van der Waals surface area contributed by atoms with Crippen LogP contribution >= 0.6 is 22.9 Å². The molecule has 1 aliphatic carbocycles. The number of methoxy groups -OCH3 is 1. The fourth-order valence-corrected chi connectivity index (χ4v) is 5.99. The Hall–Kier alpha value is -0.623.